The lowest BCUT2D eigenvalue weighted by Gasteiger charge is -2.38. The number of nitrogens with zero attached hydrogens (tertiary/aromatic N) is 2. The molecule has 0 unspecified atom stereocenters. The highest BCUT2D eigenvalue weighted by molar-refractivity contribution is 6.60. The smallest absolute Gasteiger partial charge is 0.404 e. The molecular formula is C14H23BN2O3. The zero-order valence-electron chi connectivity index (χ0n) is 12.5. The van der Waals surface area contributed by atoms with E-state index in [1.807, 2.05) is 10.7 Å². The highest BCUT2D eigenvalue weighted by Gasteiger charge is 2.40. The van der Waals surface area contributed by atoms with Crippen molar-refractivity contribution in [2.75, 3.05) is 6.61 Å². The number of hydrogen-bond donors (Lipinski definition) is 0. The van der Waals surface area contributed by atoms with Gasteiger partial charge in [-0.25, -0.2) is 4.68 Å². The van der Waals surface area contributed by atoms with Crippen LogP contribution >= 0.6 is 0 Å². The van der Waals surface area contributed by atoms with E-state index in [0.717, 1.165) is 31.5 Å². The van der Waals surface area contributed by atoms with Crippen molar-refractivity contribution in [3.05, 3.63) is 12.3 Å². The molecule has 20 heavy (non-hydrogen) atoms. The van der Waals surface area contributed by atoms with Crippen molar-refractivity contribution in [2.24, 2.45) is 0 Å². The van der Waals surface area contributed by atoms with Crippen LogP contribution in [-0.4, -0.2) is 35.2 Å². The van der Waals surface area contributed by atoms with E-state index in [2.05, 4.69) is 25.9 Å². The molecule has 0 spiro atoms. The molecule has 2 fully saturated rings. The minimum atomic E-state index is -0.359. The normalized spacial score (nSPS) is 30.4. The lowest BCUT2D eigenvalue weighted by atomic mass is 9.79. The summed E-state index contributed by atoms with van der Waals surface area (Å²) in [5.74, 6) is 0. The summed E-state index contributed by atoms with van der Waals surface area (Å²) in [5, 5.41) is 4.42. The first kappa shape index (κ1) is 14.1. The van der Waals surface area contributed by atoms with Gasteiger partial charge in [-0.3, -0.25) is 0 Å². The van der Waals surface area contributed by atoms with Crippen molar-refractivity contribution < 1.29 is 14.0 Å². The number of rotatable bonds is 2. The largest absolute Gasteiger partial charge is 0.513 e. The van der Waals surface area contributed by atoms with Gasteiger partial charge in [-0.05, 0) is 52.5 Å². The first-order valence-electron chi connectivity index (χ1n) is 7.53. The van der Waals surface area contributed by atoms with Crippen molar-refractivity contribution in [2.45, 2.75) is 64.4 Å². The van der Waals surface area contributed by atoms with E-state index < -0.39 is 0 Å². The second-order valence-electron chi connectivity index (χ2n) is 6.38. The zero-order chi connectivity index (χ0) is 14.2. The van der Waals surface area contributed by atoms with E-state index in [0.29, 0.717) is 0 Å². The molecule has 1 aromatic rings. The topological polar surface area (TPSA) is 45.5 Å². The Morgan fingerprint density at radius 1 is 1.40 bits per heavy atom. The van der Waals surface area contributed by atoms with Crippen LogP contribution in [-0.2, 0) is 14.0 Å². The molecule has 0 amide bonds. The minimum absolute atomic E-state index is 0.0151. The summed E-state index contributed by atoms with van der Waals surface area (Å²) < 4.78 is 19.8. The van der Waals surface area contributed by atoms with Crippen LogP contribution in [0.15, 0.2) is 12.3 Å². The van der Waals surface area contributed by atoms with Crippen LogP contribution in [0.25, 0.3) is 0 Å². The van der Waals surface area contributed by atoms with Gasteiger partial charge in [0, 0.05) is 18.9 Å². The summed E-state index contributed by atoms with van der Waals surface area (Å²) in [6.45, 7) is 7.11. The van der Waals surface area contributed by atoms with Crippen LogP contribution < -0.4 is 5.59 Å². The van der Waals surface area contributed by atoms with Gasteiger partial charge < -0.3 is 14.0 Å². The Morgan fingerprint density at radius 2 is 2.25 bits per heavy atom. The van der Waals surface area contributed by atoms with Crippen molar-refractivity contribution in [1.82, 2.24) is 9.78 Å². The quantitative estimate of drug-likeness (QED) is 0.775. The van der Waals surface area contributed by atoms with Gasteiger partial charge in [-0.2, -0.15) is 5.10 Å². The maximum Gasteiger partial charge on any atom is 0.513 e. The Kier molecular flexibility index (Phi) is 3.88. The van der Waals surface area contributed by atoms with Gasteiger partial charge in [0.15, 0.2) is 0 Å². The van der Waals surface area contributed by atoms with Crippen LogP contribution in [0.2, 0.25) is 0 Å². The molecule has 2 atom stereocenters. The van der Waals surface area contributed by atoms with Crippen molar-refractivity contribution in [3.8, 4) is 0 Å². The molecular weight excluding hydrogens is 255 g/mol. The number of aromatic nitrogens is 2. The number of hydrogen-bond acceptors (Lipinski definition) is 4. The Bertz CT molecular complexity index is 457. The third-order valence-electron chi connectivity index (χ3n) is 3.93. The molecule has 110 valence electrons. The maximum atomic E-state index is 6.08. The summed E-state index contributed by atoms with van der Waals surface area (Å²) in [6, 6.07) is 1.97. The van der Waals surface area contributed by atoms with Crippen molar-refractivity contribution in [1.29, 1.82) is 0 Å². The van der Waals surface area contributed by atoms with Crippen LogP contribution in [0.4, 0.5) is 0 Å². The Hall–Kier alpha value is -0.845. The molecule has 2 aliphatic heterocycles. The monoisotopic (exact) mass is 278 g/mol. The highest BCUT2D eigenvalue weighted by Crippen LogP contribution is 2.27. The van der Waals surface area contributed by atoms with Gasteiger partial charge in [0.25, 0.3) is 0 Å². The van der Waals surface area contributed by atoms with Gasteiger partial charge in [0.1, 0.15) is 6.23 Å². The molecule has 6 heteroatoms. The van der Waals surface area contributed by atoms with E-state index in [1.165, 1.54) is 6.42 Å². The first-order chi connectivity index (χ1) is 9.55. The first-order valence-corrected chi connectivity index (χ1v) is 7.53. The lowest BCUT2D eigenvalue weighted by molar-refractivity contribution is -0.0427. The second kappa shape index (κ2) is 5.50. The molecule has 1 aromatic heterocycles. The fourth-order valence-electron chi connectivity index (χ4n) is 3.12. The third kappa shape index (κ3) is 2.92. The Morgan fingerprint density at radius 3 is 2.95 bits per heavy atom. The van der Waals surface area contributed by atoms with Crippen molar-refractivity contribution in [3.63, 3.8) is 0 Å². The number of ether oxygens (including phenoxy) is 1. The average molecular weight is 278 g/mol. The Balaban J connectivity index is 1.81. The van der Waals surface area contributed by atoms with Gasteiger partial charge >= 0.3 is 7.12 Å². The molecule has 3 heterocycles. The van der Waals surface area contributed by atoms with Crippen LogP contribution in [0, 0.1) is 0 Å². The van der Waals surface area contributed by atoms with Gasteiger partial charge in [0.2, 0.25) is 0 Å². The summed E-state index contributed by atoms with van der Waals surface area (Å²) in [5.41, 5.74) is 0.779. The van der Waals surface area contributed by atoms with E-state index >= 15 is 0 Å². The molecule has 3 rings (SSSR count). The summed E-state index contributed by atoms with van der Waals surface area (Å²) in [7, 11) is -0.359. The second-order valence-corrected chi connectivity index (χ2v) is 6.38. The van der Waals surface area contributed by atoms with Gasteiger partial charge in [0.05, 0.1) is 11.2 Å². The molecule has 0 radical (unpaired) electrons. The predicted molar refractivity (Wildman–Crippen MR) is 76.8 cm³/mol. The summed E-state index contributed by atoms with van der Waals surface area (Å²) in [6.07, 6.45) is 6.21. The van der Waals surface area contributed by atoms with Crippen LogP contribution in [0.5, 0.6) is 0 Å². The fourth-order valence-corrected chi connectivity index (χ4v) is 3.12. The molecule has 2 aliphatic rings. The molecule has 0 aromatic carbocycles. The van der Waals surface area contributed by atoms with E-state index in [9.17, 15) is 0 Å². The van der Waals surface area contributed by atoms with E-state index in [-0.39, 0.29) is 25.1 Å². The van der Waals surface area contributed by atoms with Crippen molar-refractivity contribution >= 4 is 12.7 Å². The predicted octanol–water partition coefficient (Wildman–Crippen LogP) is 1.88. The average Bonchev–Trinajstić information content (AvgIpc) is 2.86. The lowest BCUT2D eigenvalue weighted by Crippen LogP contribution is -2.54. The molecule has 2 saturated heterocycles. The molecule has 0 N–H and O–H groups in total. The highest BCUT2D eigenvalue weighted by atomic mass is 16.6. The summed E-state index contributed by atoms with van der Waals surface area (Å²) in [4.78, 5) is 0. The van der Waals surface area contributed by atoms with Crippen LogP contribution in [0.1, 0.15) is 52.7 Å². The van der Waals surface area contributed by atoms with Crippen LogP contribution in [0.3, 0.4) is 0 Å². The molecule has 0 bridgehead atoms. The van der Waals surface area contributed by atoms with Gasteiger partial charge in [-0.1, -0.05) is 0 Å². The van der Waals surface area contributed by atoms with E-state index in [4.69, 9.17) is 14.0 Å². The zero-order valence-corrected chi connectivity index (χ0v) is 12.5. The molecule has 0 aliphatic carbocycles. The van der Waals surface area contributed by atoms with E-state index in [1.54, 1.807) is 6.20 Å². The maximum absolute atomic E-state index is 6.08. The minimum Gasteiger partial charge on any atom is -0.404 e. The standard InChI is InChI=1S/C14H23BN2O3/c1-11-10-14(2,3)20-15(19-11)12-7-8-16-17(12)13-6-4-5-9-18-13/h7-8,11,13H,4-6,9-10H2,1-3H3/t11-,13-/m0/s1. The fraction of sp³-hybridized carbons (Fsp3) is 0.786. The summed E-state index contributed by atoms with van der Waals surface area (Å²) >= 11 is 0. The van der Waals surface area contributed by atoms with Gasteiger partial charge in [-0.15, -0.1) is 0 Å². The SMILES string of the molecule is C[C@H]1CC(C)(C)OB(c2ccnn2[C@@H]2CCCCO2)O1. The third-order valence-corrected chi connectivity index (χ3v) is 3.93. The molecule has 0 saturated carbocycles. The Labute approximate surface area is 120 Å². The molecule has 5 nitrogen and oxygen atoms in total.